The van der Waals surface area contributed by atoms with E-state index in [1.165, 1.54) is 16.8 Å². The van der Waals surface area contributed by atoms with E-state index in [4.69, 9.17) is 4.74 Å². The predicted octanol–water partition coefficient (Wildman–Crippen LogP) is 3.00. The van der Waals surface area contributed by atoms with Crippen LogP contribution in [-0.4, -0.2) is 20.2 Å². The molecule has 0 aliphatic carbocycles. The van der Waals surface area contributed by atoms with Crippen molar-refractivity contribution in [3.8, 4) is 11.4 Å². The van der Waals surface area contributed by atoms with Gasteiger partial charge in [-0.25, -0.2) is 4.39 Å². The van der Waals surface area contributed by atoms with E-state index in [1.807, 2.05) is 32.0 Å². The van der Waals surface area contributed by atoms with E-state index in [1.54, 1.807) is 12.1 Å². The van der Waals surface area contributed by atoms with Crippen molar-refractivity contribution < 1.29 is 9.13 Å². The van der Waals surface area contributed by atoms with Crippen LogP contribution in [0.4, 0.5) is 4.39 Å². The van der Waals surface area contributed by atoms with Crippen LogP contribution >= 0.6 is 0 Å². The van der Waals surface area contributed by atoms with Crippen LogP contribution in [0.25, 0.3) is 5.69 Å². The van der Waals surface area contributed by atoms with Crippen molar-refractivity contribution in [1.82, 2.24) is 20.2 Å². The standard InChI is InChI=1S/C16H15FN4O/c1-11-4-3-5-15(12(11)2)22-10-16-18-19-20-21(16)14-8-6-13(17)7-9-14/h3-9H,10H2,1-2H3. The van der Waals surface area contributed by atoms with Crippen LogP contribution in [-0.2, 0) is 6.61 Å². The molecular formula is C16H15FN4O. The van der Waals surface area contributed by atoms with Crippen molar-refractivity contribution in [2.24, 2.45) is 0 Å². The zero-order valence-electron chi connectivity index (χ0n) is 12.3. The molecule has 0 bridgehead atoms. The second-order valence-corrected chi connectivity index (χ2v) is 4.97. The molecule has 0 unspecified atom stereocenters. The van der Waals surface area contributed by atoms with E-state index in [-0.39, 0.29) is 12.4 Å². The number of benzene rings is 2. The number of aromatic nitrogens is 4. The quantitative estimate of drug-likeness (QED) is 0.743. The maximum atomic E-state index is 13.0. The van der Waals surface area contributed by atoms with Crippen molar-refractivity contribution in [3.63, 3.8) is 0 Å². The SMILES string of the molecule is Cc1cccc(OCc2nnnn2-c2ccc(F)cc2)c1C. The molecule has 112 valence electrons. The fraction of sp³-hybridized carbons (Fsp3) is 0.188. The van der Waals surface area contributed by atoms with Crippen LogP contribution in [0.3, 0.4) is 0 Å². The fourth-order valence-electron chi connectivity index (χ4n) is 2.10. The highest BCUT2D eigenvalue weighted by atomic mass is 19.1. The minimum Gasteiger partial charge on any atom is -0.485 e. The van der Waals surface area contributed by atoms with Gasteiger partial charge in [0.25, 0.3) is 0 Å². The highest BCUT2D eigenvalue weighted by Crippen LogP contribution is 2.21. The largest absolute Gasteiger partial charge is 0.485 e. The smallest absolute Gasteiger partial charge is 0.194 e. The van der Waals surface area contributed by atoms with Gasteiger partial charge in [-0.2, -0.15) is 4.68 Å². The summed E-state index contributed by atoms with van der Waals surface area (Å²) >= 11 is 0. The third-order valence-corrected chi connectivity index (χ3v) is 3.52. The van der Waals surface area contributed by atoms with Crippen LogP contribution in [0.2, 0.25) is 0 Å². The molecule has 0 aliphatic rings. The number of hydrogen-bond acceptors (Lipinski definition) is 4. The zero-order chi connectivity index (χ0) is 15.5. The lowest BCUT2D eigenvalue weighted by Gasteiger charge is -2.10. The summed E-state index contributed by atoms with van der Waals surface area (Å²) in [5.41, 5.74) is 2.94. The Hall–Kier alpha value is -2.76. The molecule has 0 radical (unpaired) electrons. The van der Waals surface area contributed by atoms with E-state index in [0.717, 1.165) is 16.9 Å². The Kier molecular flexibility index (Phi) is 3.82. The van der Waals surface area contributed by atoms with Crippen LogP contribution in [0.5, 0.6) is 5.75 Å². The Morgan fingerprint density at radius 2 is 1.86 bits per heavy atom. The topological polar surface area (TPSA) is 52.8 Å². The Morgan fingerprint density at radius 1 is 1.09 bits per heavy atom. The number of tetrazole rings is 1. The summed E-state index contributed by atoms with van der Waals surface area (Å²) in [6.45, 7) is 4.27. The van der Waals surface area contributed by atoms with Crippen molar-refractivity contribution >= 4 is 0 Å². The third kappa shape index (κ3) is 2.81. The third-order valence-electron chi connectivity index (χ3n) is 3.52. The number of aryl methyl sites for hydroxylation is 1. The fourth-order valence-corrected chi connectivity index (χ4v) is 2.10. The van der Waals surface area contributed by atoms with Gasteiger partial charge in [0.05, 0.1) is 5.69 Å². The molecule has 0 aliphatic heterocycles. The second-order valence-electron chi connectivity index (χ2n) is 4.97. The molecular weight excluding hydrogens is 283 g/mol. The summed E-state index contributed by atoms with van der Waals surface area (Å²) in [6, 6.07) is 11.9. The number of rotatable bonds is 4. The van der Waals surface area contributed by atoms with Gasteiger partial charge in [-0.15, -0.1) is 5.10 Å². The van der Waals surface area contributed by atoms with E-state index in [0.29, 0.717) is 11.5 Å². The molecule has 0 amide bonds. The second kappa shape index (κ2) is 5.93. The summed E-state index contributed by atoms with van der Waals surface area (Å²) in [6.07, 6.45) is 0. The van der Waals surface area contributed by atoms with Crippen LogP contribution in [0.1, 0.15) is 17.0 Å². The molecule has 5 nitrogen and oxygen atoms in total. The monoisotopic (exact) mass is 298 g/mol. The summed E-state index contributed by atoms with van der Waals surface area (Å²) in [4.78, 5) is 0. The van der Waals surface area contributed by atoms with Gasteiger partial charge in [0.2, 0.25) is 0 Å². The molecule has 0 fully saturated rings. The Morgan fingerprint density at radius 3 is 2.64 bits per heavy atom. The highest BCUT2D eigenvalue weighted by molar-refractivity contribution is 5.38. The Labute approximate surface area is 127 Å². The van der Waals surface area contributed by atoms with Gasteiger partial charge in [0.15, 0.2) is 5.82 Å². The van der Waals surface area contributed by atoms with Crippen LogP contribution in [0, 0.1) is 19.7 Å². The lowest BCUT2D eigenvalue weighted by atomic mass is 10.1. The lowest BCUT2D eigenvalue weighted by molar-refractivity contribution is 0.290. The number of ether oxygens (including phenoxy) is 1. The van der Waals surface area contributed by atoms with Crippen molar-refractivity contribution in [3.05, 3.63) is 65.2 Å². The predicted molar refractivity (Wildman–Crippen MR) is 79.4 cm³/mol. The number of halogens is 1. The van der Waals surface area contributed by atoms with Gasteiger partial charge >= 0.3 is 0 Å². The minimum atomic E-state index is -0.301. The molecule has 1 heterocycles. The summed E-state index contributed by atoms with van der Waals surface area (Å²) in [5, 5.41) is 11.5. The molecule has 6 heteroatoms. The molecule has 0 atom stereocenters. The summed E-state index contributed by atoms with van der Waals surface area (Å²) in [5.74, 6) is 1.05. The first-order valence-corrected chi connectivity index (χ1v) is 6.87. The molecule has 22 heavy (non-hydrogen) atoms. The number of nitrogens with zero attached hydrogens (tertiary/aromatic N) is 4. The molecule has 3 rings (SSSR count). The first-order valence-electron chi connectivity index (χ1n) is 6.87. The van der Waals surface area contributed by atoms with E-state index < -0.39 is 0 Å². The van der Waals surface area contributed by atoms with Crippen molar-refractivity contribution in [2.45, 2.75) is 20.5 Å². The molecule has 0 spiro atoms. The molecule has 3 aromatic rings. The molecule has 0 N–H and O–H groups in total. The average Bonchev–Trinajstić information content (AvgIpc) is 2.98. The molecule has 1 aromatic heterocycles. The van der Waals surface area contributed by atoms with E-state index in [2.05, 4.69) is 15.5 Å². The maximum absolute atomic E-state index is 13.0. The maximum Gasteiger partial charge on any atom is 0.194 e. The number of hydrogen-bond donors (Lipinski definition) is 0. The zero-order valence-corrected chi connectivity index (χ0v) is 12.3. The first-order chi connectivity index (χ1) is 10.6. The lowest BCUT2D eigenvalue weighted by Crippen LogP contribution is -2.07. The Bertz CT molecular complexity index is 783. The minimum absolute atomic E-state index is 0.231. The normalized spacial score (nSPS) is 10.7. The van der Waals surface area contributed by atoms with E-state index >= 15 is 0 Å². The van der Waals surface area contributed by atoms with Gasteiger partial charge < -0.3 is 4.74 Å². The van der Waals surface area contributed by atoms with Gasteiger partial charge in [0, 0.05) is 0 Å². The van der Waals surface area contributed by atoms with Gasteiger partial charge in [0.1, 0.15) is 18.2 Å². The molecule has 0 saturated heterocycles. The molecule has 0 saturated carbocycles. The van der Waals surface area contributed by atoms with Crippen molar-refractivity contribution in [2.75, 3.05) is 0 Å². The van der Waals surface area contributed by atoms with Gasteiger partial charge in [-0.05, 0) is 65.7 Å². The summed E-state index contributed by atoms with van der Waals surface area (Å²) < 4.78 is 20.3. The van der Waals surface area contributed by atoms with Crippen LogP contribution in [0.15, 0.2) is 42.5 Å². The van der Waals surface area contributed by atoms with Gasteiger partial charge in [-0.3, -0.25) is 0 Å². The highest BCUT2D eigenvalue weighted by Gasteiger charge is 2.10. The average molecular weight is 298 g/mol. The van der Waals surface area contributed by atoms with Crippen LogP contribution < -0.4 is 4.74 Å². The molecule has 2 aromatic carbocycles. The summed E-state index contributed by atoms with van der Waals surface area (Å²) in [7, 11) is 0. The van der Waals surface area contributed by atoms with Gasteiger partial charge in [-0.1, -0.05) is 12.1 Å². The van der Waals surface area contributed by atoms with Crippen molar-refractivity contribution in [1.29, 1.82) is 0 Å². The van der Waals surface area contributed by atoms with E-state index in [9.17, 15) is 4.39 Å². The Balaban J connectivity index is 1.81. The first kappa shape index (κ1) is 14.2.